The molecule has 0 amide bonds. The van der Waals surface area contributed by atoms with Crippen molar-refractivity contribution in [3.63, 3.8) is 0 Å². The highest BCUT2D eigenvalue weighted by Gasteiger charge is 2.21. The van der Waals surface area contributed by atoms with Gasteiger partial charge in [-0.15, -0.1) is 11.3 Å². The molecule has 1 aromatic heterocycles. The van der Waals surface area contributed by atoms with E-state index in [1.54, 1.807) is 19.9 Å². The van der Waals surface area contributed by atoms with Crippen molar-refractivity contribution in [2.24, 2.45) is 0 Å². The molecule has 1 aromatic carbocycles. The predicted molar refractivity (Wildman–Crippen MR) is 67.4 cm³/mol. The van der Waals surface area contributed by atoms with Gasteiger partial charge in [0, 0.05) is 4.70 Å². The topological polar surface area (TPSA) is 43.4 Å². The van der Waals surface area contributed by atoms with Gasteiger partial charge in [-0.3, -0.25) is 4.79 Å². The fraction of sp³-hybridized carbons (Fsp3) is 0.231. The largest absolute Gasteiger partial charge is 0.457 e. The van der Waals surface area contributed by atoms with Crippen LogP contribution < -0.4 is 0 Å². The number of ketones is 1. The Morgan fingerprint density at radius 1 is 1.24 bits per heavy atom. The van der Waals surface area contributed by atoms with E-state index in [9.17, 15) is 9.59 Å². The molecule has 0 saturated carbocycles. The molecule has 0 N–H and O–H groups in total. The van der Waals surface area contributed by atoms with Crippen LogP contribution in [0.4, 0.5) is 0 Å². The Kier molecular flexibility index (Phi) is 3.24. The molecule has 17 heavy (non-hydrogen) atoms. The number of fused-ring (bicyclic) bond motifs is 1. The highest BCUT2D eigenvalue weighted by molar-refractivity contribution is 7.21. The molecule has 1 heterocycles. The molecule has 0 fully saturated rings. The number of carbonyl (C=O) groups excluding carboxylic acids is 2. The maximum atomic E-state index is 11.8. The molecule has 0 bridgehead atoms. The van der Waals surface area contributed by atoms with Crippen LogP contribution in [0.5, 0.6) is 0 Å². The zero-order valence-electron chi connectivity index (χ0n) is 9.60. The first-order chi connectivity index (χ1) is 8.08. The monoisotopic (exact) mass is 248 g/mol. The molecular weight excluding hydrogens is 236 g/mol. The molecule has 88 valence electrons. The van der Waals surface area contributed by atoms with E-state index in [1.165, 1.54) is 11.3 Å². The molecule has 0 saturated heterocycles. The SMILES string of the molecule is CC(C)OC(=O)C(=O)c1cc2ccccc2s1. The van der Waals surface area contributed by atoms with Crippen molar-refractivity contribution >= 4 is 33.2 Å². The lowest BCUT2D eigenvalue weighted by molar-refractivity contribution is -0.141. The summed E-state index contributed by atoms with van der Waals surface area (Å²) < 4.78 is 5.87. The number of hydrogen-bond acceptors (Lipinski definition) is 4. The molecule has 0 aliphatic heterocycles. The van der Waals surface area contributed by atoms with Gasteiger partial charge in [-0.25, -0.2) is 4.79 Å². The average molecular weight is 248 g/mol. The molecule has 0 spiro atoms. The van der Waals surface area contributed by atoms with Crippen molar-refractivity contribution in [2.75, 3.05) is 0 Å². The Balaban J connectivity index is 2.27. The van der Waals surface area contributed by atoms with Crippen LogP contribution in [0.3, 0.4) is 0 Å². The van der Waals surface area contributed by atoms with Gasteiger partial charge in [0.2, 0.25) is 0 Å². The standard InChI is InChI=1S/C13H12O3S/c1-8(2)16-13(15)12(14)11-7-9-5-3-4-6-10(9)17-11/h3-8H,1-2H3. The highest BCUT2D eigenvalue weighted by Crippen LogP contribution is 2.25. The van der Waals surface area contributed by atoms with E-state index in [1.807, 2.05) is 24.3 Å². The zero-order valence-corrected chi connectivity index (χ0v) is 10.4. The molecule has 0 aliphatic rings. The van der Waals surface area contributed by atoms with Crippen LogP contribution in [0.2, 0.25) is 0 Å². The second-order valence-corrected chi connectivity index (χ2v) is 5.02. The summed E-state index contributed by atoms with van der Waals surface area (Å²) in [6.45, 7) is 3.44. The third-order valence-corrected chi connectivity index (χ3v) is 3.29. The number of hydrogen-bond donors (Lipinski definition) is 0. The Morgan fingerprint density at radius 3 is 2.59 bits per heavy atom. The van der Waals surface area contributed by atoms with Crippen molar-refractivity contribution in [1.29, 1.82) is 0 Å². The van der Waals surface area contributed by atoms with E-state index in [0.717, 1.165) is 10.1 Å². The van der Waals surface area contributed by atoms with Crippen molar-refractivity contribution in [3.05, 3.63) is 35.2 Å². The van der Waals surface area contributed by atoms with Crippen LogP contribution in [-0.2, 0) is 9.53 Å². The molecule has 0 atom stereocenters. The molecule has 0 radical (unpaired) electrons. The van der Waals surface area contributed by atoms with E-state index in [2.05, 4.69) is 0 Å². The van der Waals surface area contributed by atoms with Gasteiger partial charge < -0.3 is 4.74 Å². The number of thiophene rings is 1. The van der Waals surface area contributed by atoms with Crippen molar-refractivity contribution < 1.29 is 14.3 Å². The van der Waals surface area contributed by atoms with Crippen LogP contribution in [0.1, 0.15) is 23.5 Å². The summed E-state index contributed by atoms with van der Waals surface area (Å²) in [7, 11) is 0. The first kappa shape index (κ1) is 11.8. The Bertz CT molecular complexity index is 536. The lowest BCUT2D eigenvalue weighted by atomic mass is 10.2. The summed E-state index contributed by atoms with van der Waals surface area (Å²) in [5.41, 5.74) is 0. The van der Waals surface area contributed by atoms with Gasteiger partial charge in [0.25, 0.3) is 5.78 Å². The minimum atomic E-state index is -0.786. The van der Waals surface area contributed by atoms with Crippen molar-refractivity contribution in [3.8, 4) is 0 Å². The van der Waals surface area contributed by atoms with E-state index >= 15 is 0 Å². The van der Waals surface area contributed by atoms with Gasteiger partial charge in [0.1, 0.15) is 0 Å². The summed E-state index contributed by atoms with van der Waals surface area (Å²) in [6, 6.07) is 9.36. The third kappa shape index (κ3) is 2.53. The molecule has 0 aliphatic carbocycles. The van der Waals surface area contributed by atoms with Crippen LogP contribution in [-0.4, -0.2) is 17.9 Å². The lowest BCUT2D eigenvalue weighted by Crippen LogP contribution is -2.20. The van der Waals surface area contributed by atoms with Gasteiger partial charge in [-0.05, 0) is 31.4 Å². The molecule has 2 rings (SSSR count). The second kappa shape index (κ2) is 4.67. The number of esters is 1. The Hall–Kier alpha value is -1.68. The van der Waals surface area contributed by atoms with Crippen molar-refractivity contribution in [1.82, 2.24) is 0 Å². The van der Waals surface area contributed by atoms with Gasteiger partial charge in [-0.2, -0.15) is 0 Å². The summed E-state index contributed by atoms with van der Waals surface area (Å²) in [6.07, 6.45) is -0.277. The number of rotatable bonds is 3. The smallest absolute Gasteiger partial charge is 0.380 e. The first-order valence-electron chi connectivity index (χ1n) is 5.32. The number of ether oxygens (including phenoxy) is 1. The summed E-state index contributed by atoms with van der Waals surface area (Å²) in [5, 5.41) is 0.971. The van der Waals surface area contributed by atoms with Crippen LogP contribution in [0.25, 0.3) is 10.1 Å². The third-order valence-electron chi connectivity index (χ3n) is 2.18. The van der Waals surface area contributed by atoms with Gasteiger partial charge >= 0.3 is 5.97 Å². The highest BCUT2D eigenvalue weighted by atomic mass is 32.1. The number of Topliss-reactive ketones (excluding diaryl/α,β-unsaturated/α-hetero) is 1. The summed E-state index contributed by atoms with van der Waals surface area (Å²) >= 11 is 1.31. The fourth-order valence-electron chi connectivity index (χ4n) is 1.46. The summed E-state index contributed by atoms with van der Waals surface area (Å²) in [4.78, 5) is 23.7. The predicted octanol–water partition coefficient (Wildman–Crippen LogP) is 3.04. The molecule has 2 aromatic rings. The lowest BCUT2D eigenvalue weighted by Gasteiger charge is -2.05. The van der Waals surface area contributed by atoms with Crippen LogP contribution in [0, 0.1) is 0 Å². The number of benzene rings is 1. The zero-order chi connectivity index (χ0) is 12.4. The fourth-order valence-corrected chi connectivity index (χ4v) is 2.45. The minimum absolute atomic E-state index is 0.277. The molecule has 0 unspecified atom stereocenters. The second-order valence-electron chi connectivity index (χ2n) is 3.93. The van der Waals surface area contributed by atoms with E-state index in [-0.39, 0.29) is 6.10 Å². The van der Waals surface area contributed by atoms with E-state index < -0.39 is 11.8 Å². The maximum Gasteiger partial charge on any atom is 0.380 e. The summed E-state index contributed by atoms with van der Waals surface area (Å²) in [5.74, 6) is -1.36. The molecular formula is C13H12O3S. The van der Waals surface area contributed by atoms with Crippen LogP contribution in [0.15, 0.2) is 30.3 Å². The Labute approximate surface area is 103 Å². The van der Waals surface area contributed by atoms with Gasteiger partial charge in [0.15, 0.2) is 0 Å². The molecule has 3 nitrogen and oxygen atoms in total. The minimum Gasteiger partial charge on any atom is -0.457 e. The first-order valence-corrected chi connectivity index (χ1v) is 6.13. The molecule has 4 heteroatoms. The quantitative estimate of drug-likeness (QED) is 0.476. The van der Waals surface area contributed by atoms with Gasteiger partial charge in [-0.1, -0.05) is 18.2 Å². The average Bonchev–Trinajstić information content (AvgIpc) is 2.70. The maximum absolute atomic E-state index is 11.8. The Morgan fingerprint density at radius 2 is 1.94 bits per heavy atom. The van der Waals surface area contributed by atoms with Gasteiger partial charge in [0.05, 0.1) is 11.0 Å². The van der Waals surface area contributed by atoms with Crippen molar-refractivity contribution in [2.45, 2.75) is 20.0 Å². The van der Waals surface area contributed by atoms with Crippen LogP contribution >= 0.6 is 11.3 Å². The van der Waals surface area contributed by atoms with E-state index in [4.69, 9.17) is 4.74 Å². The normalized spacial score (nSPS) is 10.8. The number of carbonyl (C=O) groups is 2. The van der Waals surface area contributed by atoms with E-state index in [0.29, 0.717) is 4.88 Å².